The molecular weight excluding hydrogens is 429 g/mol. The molecule has 29 heavy (non-hydrogen) atoms. The van der Waals surface area contributed by atoms with E-state index >= 15 is 0 Å². The summed E-state index contributed by atoms with van der Waals surface area (Å²) in [5.41, 5.74) is 1.69. The lowest BCUT2D eigenvalue weighted by Gasteiger charge is -2.11. The fourth-order valence-corrected chi connectivity index (χ4v) is 3.84. The fourth-order valence-electron chi connectivity index (χ4n) is 2.31. The normalized spacial score (nSPS) is 11.8. The van der Waals surface area contributed by atoms with Crippen LogP contribution in [0.4, 0.5) is 19.0 Å². The van der Waals surface area contributed by atoms with Crippen LogP contribution in [0.25, 0.3) is 12.2 Å². The van der Waals surface area contributed by atoms with Crippen LogP contribution in [-0.4, -0.2) is 23.4 Å². The zero-order valence-corrected chi connectivity index (χ0v) is 16.3. The molecule has 1 N–H and O–H groups in total. The molecule has 0 bridgehead atoms. The molecule has 0 aliphatic carbocycles. The molecule has 0 saturated carbocycles. The van der Waals surface area contributed by atoms with Gasteiger partial charge in [-0.3, -0.25) is 4.72 Å². The van der Waals surface area contributed by atoms with Crippen molar-refractivity contribution in [2.45, 2.75) is 11.8 Å². The summed E-state index contributed by atoms with van der Waals surface area (Å²) in [6.07, 6.45) is 5.07. The smallest absolute Gasteiger partial charge is 0.263 e. The predicted molar refractivity (Wildman–Crippen MR) is 102 cm³/mol. The van der Waals surface area contributed by atoms with E-state index in [2.05, 4.69) is 19.7 Å². The molecule has 0 atom stereocenters. The van der Waals surface area contributed by atoms with Gasteiger partial charge in [-0.1, -0.05) is 23.8 Å². The summed E-state index contributed by atoms with van der Waals surface area (Å²) in [7, 11) is -4.29. The summed E-state index contributed by atoms with van der Waals surface area (Å²) >= 11 is 5.62. The average molecular weight is 441 g/mol. The minimum absolute atomic E-state index is 0.0365. The standard InChI is InChI=1S/C18H12ClF3N4O2S/c1-10-12(3-2-11-8-23-18(22)24-9-11)4-7-15(25-10)26-29(27,28)14-6-5-13(20)17(21)16(14)19/h2-9H,1H3,(H,25,26). The van der Waals surface area contributed by atoms with Crippen LogP contribution in [0.15, 0.2) is 41.6 Å². The van der Waals surface area contributed by atoms with Gasteiger partial charge in [-0.25, -0.2) is 32.2 Å². The molecule has 0 fully saturated rings. The molecule has 0 unspecified atom stereocenters. The second kappa shape index (κ2) is 8.18. The van der Waals surface area contributed by atoms with Crippen molar-refractivity contribution in [1.82, 2.24) is 15.0 Å². The zero-order valence-electron chi connectivity index (χ0n) is 14.7. The van der Waals surface area contributed by atoms with Gasteiger partial charge in [0.15, 0.2) is 11.6 Å². The first-order valence-corrected chi connectivity index (χ1v) is 9.83. The van der Waals surface area contributed by atoms with E-state index in [4.69, 9.17) is 11.6 Å². The SMILES string of the molecule is Cc1nc(NS(=O)(=O)c2ccc(F)c(F)c2Cl)ccc1C=Cc1cnc(F)nc1. The Kier molecular flexibility index (Phi) is 5.85. The lowest BCUT2D eigenvalue weighted by Crippen LogP contribution is -2.15. The Bertz CT molecular complexity index is 1200. The van der Waals surface area contributed by atoms with E-state index in [1.807, 2.05) is 0 Å². The number of nitrogens with one attached hydrogen (secondary N) is 1. The number of hydrogen-bond donors (Lipinski definition) is 1. The van der Waals surface area contributed by atoms with Crippen LogP contribution in [0.3, 0.4) is 0 Å². The van der Waals surface area contributed by atoms with Crippen LogP contribution in [0, 0.1) is 24.6 Å². The van der Waals surface area contributed by atoms with Crippen molar-refractivity contribution >= 4 is 39.6 Å². The number of benzene rings is 1. The van der Waals surface area contributed by atoms with Gasteiger partial charge >= 0.3 is 6.08 Å². The van der Waals surface area contributed by atoms with Crippen LogP contribution in [0.1, 0.15) is 16.8 Å². The topological polar surface area (TPSA) is 84.8 Å². The summed E-state index contributed by atoms with van der Waals surface area (Å²) in [6.45, 7) is 1.64. The van der Waals surface area contributed by atoms with Gasteiger partial charge in [0.05, 0.1) is 5.02 Å². The Hall–Kier alpha value is -2.98. The molecule has 2 aromatic heterocycles. The van der Waals surface area contributed by atoms with Gasteiger partial charge < -0.3 is 0 Å². The highest BCUT2D eigenvalue weighted by Crippen LogP contribution is 2.27. The van der Waals surface area contributed by atoms with E-state index in [0.29, 0.717) is 22.9 Å². The monoisotopic (exact) mass is 440 g/mol. The lowest BCUT2D eigenvalue weighted by molar-refractivity contribution is 0.505. The van der Waals surface area contributed by atoms with Crippen molar-refractivity contribution < 1.29 is 21.6 Å². The number of anilines is 1. The molecule has 0 radical (unpaired) electrons. The number of aryl methyl sites for hydroxylation is 1. The Morgan fingerprint density at radius 3 is 2.38 bits per heavy atom. The predicted octanol–water partition coefficient (Wildman–Crippen LogP) is 4.22. The fraction of sp³-hybridized carbons (Fsp3) is 0.0556. The van der Waals surface area contributed by atoms with Gasteiger partial charge in [-0.2, -0.15) is 4.39 Å². The largest absolute Gasteiger partial charge is 0.308 e. The van der Waals surface area contributed by atoms with E-state index < -0.39 is 37.7 Å². The number of rotatable bonds is 5. The van der Waals surface area contributed by atoms with Crippen molar-refractivity contribution in [3.63, 3.8) is 0 Å². The molecule has 3 aromatic rings. The average Bonchev–Trinajstić information content (AvgIpc) is 2.66. The lowest BCUT2D eigenvalue weighted by atomic mass is 10.1. The maximum Gasteiger partial charge on any atom is 0.308 e. The summed E-state index contributed by atoms with van der Waals surface area (Å²) in [5.74, 6) is -2.75. The first kappa shape index (κ1) is 20.7. The van der Waals surface area contributed by atoms with Gasteiger partial charge in [0, 0.05) is 23.7 Å². The molecular formula is C18H12ClF3N4O2S. The zero-order chi connectivity index (χ0) is 21.2. The molecule has 1 aromatic carbocycles. The van der Waals surface area contributed by atoms with E-state index in [0.717, 1.165) is 6.07 Å². The number of sulfonamides is 1. The molecule has 0 aliphatic heterocycles. The maximum atomic E-state index is 13.6. The Balaban J connectivity index is 1.83. The first-order chi connectivity index (χ1) is 13.7. The third-order valence-corrected chi connectivity index (χ3v) is 5.63. The minimum atomic E-state index is -4.29. The summed E-state index contributed by atoms with van der Waals surface area (Å²) in [6, 6.07) is 4.51. The molecule has 2 heterocycles. The minimum Gasteiger partial charge on any atom is -0.263 e. The first-order valence-electron chi connectivity index (χ1n) is 7.97. The number of hydrogen-bond acceptors (Lipinski definition) is 5. The molecule has 3 rings (SSSR count). The van der Waals surface area contributed by atoms with Gasteiger partial charge in [-0.05, 0) is 36.8 Å². The highest BCUT2D eigenvalue weighted by Gasteiger charge is 2.23. The second-order valence-electron chi connectivity index (χ2n) is 5.77. The van der Waals surface area contributed by atoms with E-state index in [-0.39, 0.29) is 5.82 Å². The molecule has 0 amide bonds. The second-order valence-corrected chi connectivity index (χ2v) is 7.80. The Morgan fingerprint density at radius 2 is 1.72 bits per heavy atom. The van der Waals surface area contributed by atoms with Gasteiger partial charge in [-0.15, -0.1) is 0 Å². The van der Waals surface area contributed by atoms with Crippen molar-refractivity contribution in [2.75, 3.05) is 4.72 Å². The molecule has 0 spiro atoms. The third-order valence-electron chi connectivity index (χ3n) is 3.75. The number of nitrogens with zero attached hydrogens (tertiary/aromatic N) is 3. The molecule has 6 nitrogen and oxygen atoms in total. The maximum absolute atomic E-state index is 13.6. The van der Waals surface area contributed by atoms with E-state index in [1.54, 1.807) is 25.1 Å². The molecule has 0 aliphatic rings. The van der Waals surface area contributed by atoms with Crippen LogP contribution < -0.4 is 4.72 Å². The Labute approximate surface area is 169 Å². The highest BCUT2D eigenvalue weighted by molar-refractivity contribution is 7.92. The summed E-state index contributed by atoms with van der Waals surface area (Å²) in [5, 5.41) is -0.852. The van der Waals surface area contributed by atoms with Crippen LogP contribution in [0.2, 0.25) is 5.02 Å². The van der Waals surface area contributed by atoms with Gasteiger partial charge in [0.1, 0.15) is 10.7 Å². The number of aromatic nitrogens is 3. The quantitative estimate of drug-likeness (QED) is 0.474. The van der Waals surface area contributed by atoms with Gasteiger partial charge in [0.25, 0.3) is 10.0 Å². The third kappa shape index (κ3) is 4.72. The molecule has 11 heteroatoms. The summed E-state index contributed by atoms with van der Waals surface area (Å²) in [4.78, 5) is 10.4. The molecule has 150 valence electrons. The van der Waals surface area contributed by atoms with Crippen molar-refractivity contribution in [2.24, 2.45) is 0 Å². The van der Waals surface area contributed by atoms with Crippen molar-refractivity contribution in [3.05, 3.63) is 76.2 Å². The number of halogens is 4. The Morgan fingerprint density at radius 1 is 1.03 bits per heavy atom. The number of pyridine rings is 1. The summed E-state index contributed by atoms with van der Waals surface area (Å²) < 4.78 is 66.5. The highest BCUT2D eigenvalue weighted by atomic mass is 35.5. The van der Waals surface area contributed by atoms with E-state index in [1.165, 1.54) is 18.5 Å². The van der Waals surface area contributed by atoms with Crippen LogP contribution >= 0.6 is 11.6 Å². The van der Waals surface area contributed by atoms with Crippen LogP contribution in [-0.2, 0) is 10.0 Å². The van der Waals surface area contributed by atoms with Crippen molar-refractivity contribution in [1.29, 1.82) is 0 Å². The van der Waals surface area contributed by atoms with Crippen LogP contribution in [0.5, 0.6) is 0 Å². The molecule has 0 saturated heterocycles. The van der Waals surface area contributed by atoms with Crippen molar-refractivity contribution in [3.8, 4) is 0 Å². The van der Waals surface area contributed by atoms with E-state index in [9.17, 15) is 21.6 Å². The van der Waals surface area contributed by atoms with Gasteiger partial charge in [0.2, 0.25) is 0 Å².